The average molecular weight is 428 g/mol. The molecule has 0 N–H and O–H groups in total. The summed E-state index contributed by atoms with van der Waals surface area (Å²) in [5.41, 5.74) is 0.388. The molecular weight excluding hydrogens is 411 g/mol. The molecule has 142 valence electrons. The van der Waals surface area contributed by atoms with Gasteiger partial charge in [-0.3, -0.25) is 4.79 Å². The van der Waals surface area contributed by atoms with Crippen molar-refractivity contribution in [1.29, 1.82) is 0 Å². The summed E-state index contributed by atoms with van der Waals surface area (Å²) in [7, 11) is 0. The van der Waals surface area contributed by atoms with Crippen molar-refractivity contribution in [2.75, 3.05) is 6.61 Å². The monoisotopic (exact) mass is 426 g/mol. The van der Waals surface area contributed by atoms with Gasteiger partial charge in [-0.1, -0.05) is 40.9 Å². The zero-order valence-electron chi connectivity index (χ0n) is 14.9. The summed E-state index contributed by atoms with van der Waals surface area (Å²) in [5, 5.41) is 6.96. The van der Waals surface area contributed by atoms with E-state index in [9.17, 15) is 4.79 Å². The van der Waals surface area contributed by atoms with Gasteiger partial charge in [0.15, 0.2) is 6.61 Å². The lowest BCUT2D eigenvalue weighted by Crippen LogP contribution is -2.41. The molecule has 1 aliphatic rings. The summed E-state index contributed by atoms with van der Waals surface area (Å²) >= 11 is 18.1. The summed E-state index contributed by atoms with van der Waals surface area (Å²) < 4.78 is 11.8. The van der Waals surface area contributed by atoms with Crippen LogP contribution < -0.4 is 4.74 Å². The molecular formula is C19H17Cl3N2O3. The molecule has 27 heavy (non-hydrogen) atoms. The van der Waals surface area contributed by atoms with Gasteiger partial charge in [0.2, 0.25) is 17.5 Å². The largest absolute Gasteiger partial charge is 0.484 e. The van der Waals surface area contributed by atoms with Crippen LogP contribution in [0.5, 0.6) is 5.75 Å². The Morgan fingerprint density at radius 2 is 1.93 bits per heavy atom. The number of nitrogens with zero attached hydrogens (tertiary/aromatic N) is 2. The topological polar surface area (TPSA) is 51.1 Å². The number of rotatable bonds is 4. The maximum atomic E-state index is 12.1. The highest BCUT2D eigenvalue weighted by molar-refractivity contribution is 6.42. The Morgan fingerprint density at radius 1 is 1.19 bits per heavy atom. The van der Waals surface area contributed by atoms with Crippen LogP contribution in [0.15, 0.2) is 41.5 Å². The molecule has 0 saturated heterocycles. The number of ether oxygens (including phenoxy) is 2. The van der Waals surface area contributed by atoms with E-state index in [1.165, 1.54) is 11.9 Å². The number of carbonyl (C=O) groups excluding carboxylic acids is 1. The molecule has 0 aromatic heterocycles. The first kappa shape index (κ1) is 19.8. The van der Waals surface area contributed by atoms with Gasteiger partial charge in [-0.05, 0) is 42.8 Å². The highest BCUT2D eigenvalue weighted by Crippen LogP contribution is 2.37. The predicted molar refractivity (Wildman–Crippen MR) is 107 cm³/mol. The van der Waals surface area contributed by atoms with Crippen molar-refractivity contribution in [2.45, 2.75) is 26.5 Å². The quantitative estimate of drug-likeness (QED) is 0.656. The first-order valence-electron chi connectivity index (χ1n) is 8.12. The van der Waals surface area contributed by atoms with Crippen LogP contribution in [0.3, 0.4) is 0 Å². The molecule has 1 heterocycles. The van der Waals surface area contributed by atoms with Crippen molar-refractivity contribution in [3.05, 3.63) is 62.6 Å². The number of amides is 1. The normalized spacial score (nSPS) is 18.9. The molecule has 0 saturated carbocycles. The van der Waals surface area contributed by atoms with Crippen LogP contribution in [-0.2, 0) is 15.3 Å². The summed E-state index contributed by atoms with van der Waals surface area (Å²) in [5.74, 6) is 0.651. The van der Waals surface area contributed by atoms with E-state index in [1.807, 2.05) is 6.92 Å². The molecule has 2 aromatic rings. The SMILES string of the molecule is CC(=O)N1N=C(COc2ccc(Cl)cc2C)OC1(C)c1ccc(Cl)c(Cl)c1. The lowest BCUT2D eigenvalue weighted by Gasteiger charge is -2.31. The van der Waals surface area contributed by atoms with E-state index in [0.717, 1.165) is 5.56 Å². The van der Waals surface area contributed by atoms with Gasteiger partial charge in [0.1, 0.15) is 5.75 Å². The van der Waals surface area contributed by atoms with Gasteiger partial charge in [0, 0.05) is 24.4 Å². The zero-order chi connectivity index (χ0) is 19.8. The van der Waals surface area contributed by atoms with Gasteiger partial charge in [-0.2, -0.15) is 5.01 Å². The minimum Gasteiger partial charge on any atom is -0.484 e. The number of carbonyl (C=O) groups is 1. The highest BCUT2D eigenvalue weighted by Gasteiger charge is 2.45. The number of halogens is 3. The molecule has 0 radical (unpaired) electrons. The first-order valence-corrected chi connectivity index (χ1v) is 9.26. The van der Waals surface area contributed by atoms with E-state index < -0.39 is 5.72 Å². The lowest BCUT2D eigenvalue weighted by atomic mass is 10.0. The molecule has 0 spiro atoms. The van der Waals surface area contributed by atoms with Crippen LogP contribution >= 0.6 is 34.8 Å². The molecule has 1 aliphatic heterocycles. The van der Waals surface area contributed by atoms with E-state index in [1.54, 1.807) is 43.3 Å². The molecule has 0 aliphatic carbocycles. The molecule has 2 aromatic carbocycles. The third-order valence-corrected chi connectivity index (χ3v) is 5.15. The smallest absolute Gasteiger partial charge is 0.247 e. The van der Waals surface area contributed by atoms with E-state index in [4.69, 9.17) is 44.3 Å². The van der Waals surface area contributed by atoms with Crippen molar-refractivity contribution in [3.8, 4) is 5.75 Å². The second-order valence-corrected chi connectivity index (χ2v) is 7.49. The highest BCUT2D eigenvalue weighted by atomic mass is 35.5. The Morgan fingerprint density at radius 3 is 2.56 bits per heavy atom. The molecule has 0 bridgehead atoms. The Bertz CT molecular complexity index is 932. The number of hydrogen-bond acceptors (Lipinski definition) is 4. The van der Waals surface area contributed by atoms with Crippen LogP contribution in [0.1, 0.15) is 25.0 Å². The molecule has 1 unspecified atom stereocenters. The molecule has 0 fully saturated rings. The van der Waals surface area contributed by atoms with Gasteiger partial charge in [-0.15, -0.1) is 5.10 Å². The van der Waals surface area contributed by atoms with Crippen LogP contribution in [0.2, 0.25) is 15.1 Å². The van der Waals surface area contributed by atoms with Crippen LogP contribution in [0.4, 0.5) is 0 Å². The maximum absolute atomic E-state index is 12.1. The first-order chi connectivity index (χ1) is 12.7. The fourth-order valence-electron chi connectivity index (χ4n) is 2.81. The molecule has 1 atom stereocenters. The van der Waals surface area contributed by atoms with Gasteiger partial charge in [0.05, 0.1) is 10.0 Å². The maximum Gasteiger partial charge on any atom is 0.247 e. The summed E-state index contributed by atoms with van der Waals surface area (Å²) in [6, 6.07) is 10.4. The Labute approximate surface area is 172 Å². The predicted octanol–water partition coefficient (Wildman–Crippen LogP) is 5.40. The second-order valence-electron chi connectivity index (χ2n) is 6.24. The Kier molecular flexibility index (Phi) is 5.56. The standard InChI is InChI=1S/C19H17Cl3N2O3/c1-11-8-14(20)5-7-17(11)26-10-18-23-24(12(2)25)19(3,27-18)13-4-6-15(21)16(22)9-13/h4-9H,10H2,1-3H3. The van der Waals surface area contributed by atoms with Gasteiger partial charge < -0.3 is 9.47 Å². The fraction of sp³-hybridized carbons (Fsp3) is 0.263. The average Bonchev–Trinajstić information content (AvgIpc) is 2.95. The fourth-order valence-corrected chi connectivity index (χ4v) is 3.33. The van der Waals surface area contributed by atoms with Crippen molar-refractivity contribution in [3.63, 3.8) is 0 Å². The van der Waals surface area contributed by atoms with Crippen molar-refractivity contribution in [2.24, 2.45) is 5.10 Å². The van der Waals surface area contributed by atoms with E-state index in [2.05, 4.69) is 5.10 Å². The van der Waals surface area contributed by atoms with Crippen LogP contribution in [0, 0.1) is 6.92 Å². The second kappa shape index (κ2) is 7.58. The van der Waals surface area contributed by atoms with E-state index in [-0.39, 0.29) is 18.4 Å². The van der Waals surface area contributed by atoms with Crippen molar-refractivity contribution >= 4 is 46.6 Å². The van der Waals surface area contributed by atoms with Crippen molar-refractivity contribution in [1.82, 2.24) is 5.01 Å². The van der Waals surface area contributed by atoms with Crippen molar-refractivity contribution < 1.29 is 14.3 Å². The Hall–Kier alpha value is -1.95. The number of benzene rings is 2. The third-order valence-electron chi connectivity index (χ3n) is 4.17. The zero-order valence-corrected chi connectivity index (χ0v) is 17.2. The summed E-state index contributed by atoms with van der Waals surface area (Å²) in [6.07, 6.45) is 0. The lowest BCUT2D eigenvalue weighted by molar-refractivity contribution is -0.146. The molecule has 5 nitrogen and oxygen atoms in total. The Balaban J connectivity index is 1.83. The van der Waals surface area contributed by atoms with E-state index >= 15 is 0 Å². The number of aryl methyl sites for hydroxylation is 1. The molecule has 8 heteroatoms. The molecule has 1 amide bonds. The van der Waals surface area contributed by atoms with Crippen LogP contribution in [0.25, 0.3) is 0 Å². The van der Waals surface area contributed by atoms with Gasteiger partial charge in [0.25, 0.3) is 0 Å². The minimum atomic E-state index is -1.15. The van der Waals surface area contributed by atoms with Crippen LogP contribution in [-0.4, -0.2) is 23.4 Å². The molecule has 3 rings (SSSR count). The summed E-state index contributed by atoms with van der Waals surface area (Å²) in [6.45, 7) is 5.09. The number of hydrazone groups is 1. The van der Waals surface area contributed by atoms with Gasteiger partial charge in [-0.25, -0.2) is 0 Å². The van der Waals surface area contributed by atoms with Gasteiger partial charge >= 0.3 is 0 Å². The minimum absolute atomic E-state index is 0.0587. The van der Waals surface area contributed by atoms with E-state index in [0.29, 0.717) is 26.4 Å². The third kappa shape index (κ3) is 4.00. The summed E-state index contributed by atoms with van der Waals surface area (Å²) in [4.78, 5) is 12.1. The number of hydrogen-bond donors (Lipinski definition) is 0.